The number of fused-ring (bicyclic) bond motifs is 1. The summed E-state index contributed by atoms with van der Waals surface area (Å²) in [4.78, 5) is 9.83. The average molecular weight is 525 g/mol. The van der Waals surface area contributed by atoms with Crippen LogP contribution >= 0.6 is 0 Å². The summed E-state index contributed by atoms with van der Waals surface area (Å²) in [5, 5.41) is 22.5. The number of aryl methyl sites for hydroxylation is 1. The van der Waals surface area contributed by atoms with E-state index in [0.29, 0.717) is 18.1 Å². The molecule has 0 aromatic heterocycles. The highest BCUT2D eigenvalue weighted by molar-refractivity contribution is 7.89. The number of likely N-dealkylation sites (N-methyl/N-ethyl adjacent to an activating group) is 1. The first kappa shape index (κ1) is 28.2. The summed E-state index contributed by atoms with van der Waals surface area (Å²) in [6, 6.07) is 9.65. The SMILES string of the molecule is CN(C[C@H](O)CNC(C)(C)CC1Cc2ccccc2C1)S(=O)(=O)c1cc(F)c(CCC(=O)O)cc1F. The van der Waals surface area contributed by atoms with E-state index < -0.39 is 45.0 Å². The maximum absolute atomic E-state index is 14.5. The van der Waals surface area contributed by atoms with E-state index in [0.717, 1.165) is 23.6 Å². The summed E-state index contributed by atoms with van der Waals surface area (Å²) in [7, 11) is -3.23. The van der Waals surface area contributed by atoms with Gasteiger partial charge in [0.15, 0.2) is 0 Å². The molecule has 0 amide bonds. The van der Waals surface area contributed by atoms with Gasteiger partial charge in [0.1, 0.15) is 16.5 Å². The monoisotopic (exact) mass is 524 g/mol. The molecule has 1 atom stereocenters. The predicted molar refractivity (Wildman–Crippen MR) is 132 cm³/mol. The van der Waals surface area contributed by atoms with Crippen LogP contribution in [0.5, 0.6) is 0 Å². The zero-order valence-electron chi connectivity index (χ0n) is 20.8. The number of hydrogen-bond donors (Lipinski definition) is 3. The third kappa shape index (κ3) is 7.09. The van der Waals surface area contributed by atoms with Gasteiger partial charge in [-0.15, -0.1) is 0 Å². The molecule has 0 saturated heterocycles. The largest absolute Gasteiger partial charge is 0.481 e. The van der Waals surface area contributed by atoms with E-state index in [4.69, 9.17) is 5.11 Å². The van der Waals surface area contributed by atoms with Crippen LogP contribution in [0.25, 0.3) is 0 Å². The number of β-amino-alcohol motifs (C(OH)–C–C–N with tert-alkyl or cyclic N) is 1. The van der Waals surface area contributed by atoms with Gasteiger partial charge < -0.3 is 15.5 Å². The fourth-order valence-electron chi connectivity index (χ4n) is 4.81. The number of rotatable bonds is 12. The molecule has 2 aromatic rings. The van der Waals surface area contributed by atoms with Gasteiger partial charge in [0.2, 0.25) is 10.0 Å². The Morgan fingerprint density at radius 2 is 1.78 bits per heavy atom. The highest BCUT2D eigenvalue weighted by atomic mass is 32.2. The van der Waals surface area contributed by atoms with Gasteiger partial charge in [0, 0.05) is 32.1 Å². The maximum Gasteiger partial charge on any atom is 0.303 e. The number of aliphatic carboxylic acids is 1. The van der Waals surface area contributed by atoms with Crippen molar-refractivity contribution in [2.45, 2.75) is 62.5 Å². The number of benzene rings is 2. The molecule has 0 unspecified atom stereocenters. The first-order valence-electron chi connectivity index (χ1n) is 11.9. The number of sulfonamides is 1. The number of hydrogen-bond acceptors (Lipinski definition) is 5. The molecule has 7 nitrogen and oxygen atoms in total. The zero-order chi connectivity index (χ0) is 26.7. The fraction of sp³-hybridized carbons (Fsp3) is 0.500. The number of aliphatic hydroxyl groups excluding tert-OH is 1. The molecule has 1 aliphatic rings. The van der Waals surface area contributed by atoms with Crippen molar-refractivity contribution in [2.24, 2.45) is 5.92 Å². The van der Waals surface area contributed by atoms with Crippen LogP contribution in [-0.4, -0.2) is 60.7 Å². The van der Waals surface area contributed by atoms with Gasteiger partial charge in [-0.1, -0.05) is 24.3 Å². The lowest BCUT2D eigenvalue weighted by molar-refractivity contribution is -0.136. The Kier molecular flexibility index (Phi) is 8.87. The van der Waals surface area contributed by atoms with E-state index >= 15 is 0 Å². The van der Waals surface area contributed by atoms with Crippen molar-refractivity contribution >= 4 is 16.0 Å². The van der Waals surface area contributed by atoms with Crippen molar-refractivity contribution in [3.63, 3.8) is 0 Å². The Bertz CT molecular complexity index is 1180. The quantitative estimate of drug-likeness (QED) is 0.394. The molecule has 0 aliphatic heterocycles. The van der Waals surface area contributed by atoms with Gasteiger partial charge in [-0.05, 0) is 74.3 Å². The minimum atomic E-state index is -4.42. The van der Waals surface area contributed by atoms with Crippen molar-refractivity contribution in [3.8, 4) is 0 Å². The minimum Gasteiger partial charge on any atom is -0.481 e. The summed E-state index contributed by atoms with van der Waals surface area (Å²) < 4.78 is 55.4. The van der Waals surface area contributed by atoms with Gasteiger partial charge in [-0.2, -0.15) is 4.31 Å². The lowest BCUT2D eigenvalue weighted by atomic mass is 9.88. The van der Waals surface area contributed by atoms with Crippen LogP contribution < -0.4 is 5.32 Å². The molecule has 0 spiro atoms. The van der Waals surface area contributed by atoms with Gasteiger partial charge >= 0.3 is 5.97 Å². The standard InChI is InChI=1S/C26H34F2N2O5S/c1-26(2,14-17-10-18-6-4-5-7-19(18)11-17)29-15-21(31)16-30(3)36(34,35)24-13-22(27)20(12-23(24)28)8-9-25(32)33/h4-7,12-13,17,21,29,31H,8-11,14-16H2,1-3H3,(H,32,33)/t21-/m1/s1. The highest BCUT2D eigenvalue weighted by Crippen LogP contribution is 2.32. The third-order valence-corrected chi connectivity index (χ3v) is 8.45. The van der Waals surface area contributed by atoms with Crippen LogP contribution in [0.1, 0.15) is 43.4 Å². The van der Waals surface area contributed by atoms with Gasteiger partial charge in [0.25, 0.3) is 0 Å². The molecule has 0 fully saturated rings. The lowest BCUT2D eigenvalue weighted by Crippen LogP contribution is -2.47. The van der Waals surface area contributed by atoms with E-state index in [1.54, 1.807) is 0 Å². The molecule has 36 heavy (non-hydrogen) atoms. The summed E-state index contributed by atoms with van der Waals surface area (Å²) in [5.74, 6) is -2.87. The molecule has 3 N–H and O–H groups in total. The Morgan fingerprint density at radius 1 is 1.17 bits per heavy atom. The van der Waals surface area contributed by atoms with E-state index in [1.807, 2.05) is 26.0 Å². The minimum absolute atomic E-state index is 0.123. The second-order valence-corrected chi connectivity index (χ2v) is 12.2. The van der Waals surface area contributed by atoms with Crippen molar-refractivity contribution < 1.29 is 32.2 Å². The molecule has 3 rings (SSSR count). The highest BCUT2D eigenvalue weighted by Gasteiger charge is 2.30. The summed E-state index contributed by atoms with van der Waals surface area (Å²) >= 11 is 0. The fourth-order valence-corrected chi connectivity index (χ4v) is 6.07. The summed E-state index contributed by atoms with van der Waals surface area (Å²) in [6.45, 7) is 3.88. The van der Waals surface area contributed by atoms with E-state index in [2.05, 4.69) is 17.4 Å². The molecule has 0 saturated carbocycles. The number of nitrogens with zero attached hydrogens (tertiary/aromatic N) is 1. The molecular weight excluding hydrogens is 490 g/mol. The summed E-state index contributed by atoms with van der Waals surface area (Å²) in [6.07, 6.45) is 1.13. The van der Waals surface area contributed by atoms with Crippen LogP contribution in [0.15, 0.2) is 41.3 Å². The molecule has 0 heterocycles. The molecule has 2 aromatic carbocycles. The number of nitrogens with one attached hydrogen (secondary N) is 1. The first-order valence-corrected chi connectivity index (χ1v) is 13.4. The van der Waals surface area contributed by atoms with Gasteiger partial charge in [-0.3, -0.25) is 4.79 Å². The molecule has 1 aliphatic carbocycles. The number of carbonyl (C=O) groups is 1. The zero-order valence-corrected chi connectivity index (χ0v) is 21.6. The third-order valence-electron chi connectivity index (χ3n) is 6.62. The van der Waals surface area contributed by atoms with E-state index in [-0.39, 0.29) is 30.6 Å². The van der Waals surface area contributed by atoms with Gasteiger partial charge in [-0.25, -0.2) is 17.2 Å². The topological polar surface area (TPSA) is 107 Å². The number of aliphatic hydroxyl groups is 1. The van der Waals surface area contributed by atoms with E-state index in [1.165, 1.54) is 18.2 Å². The first-order chi connectivity index (χ1) is 16.8. The smallest absolute Gasteiger partial charge is 0.303 e. The molecule has 10 heteroatoms. The van der Waals surface area contributed by atoms with Crippen molar-refractivity contribution in [1.29, 1.82) is 0 Å². The second-order valence-electron chi connectivity index (χ2n) is 10.2. The second kappa shape index (κ2) is 11.3. The van der Waals surface area contributed by atoms with Crippen LogP contribution in [0.4, 0.5) is 8.78 Å². The summed E-state index contributed by atoms with van der Waals surface area (Å²) in [5.41, 5.74) is 2.22. The van der Waals surface area contributed by atoms with E-state index in [9.17, 15) is 27.1 Å². The lowest BCUT2D eigenvalue weighted by Gasteiger charge is -2.31. The van der Waals surface area contributed by atoms with Gasteiger partial charge in [0.05, 0.1) is 6.10 Å². The molecule has 0 radical (unpaired) electrons. The number of carboxylic acids is 1. The number of carboxylic acid groups (broad SMARTS) is 1. The Labute approximate surface area is 211 Å². The molecule has 0 bridgehead atoms. The van der Waals surface area contributed by atoms with Crippen molar-refractivity contribution in [2.75, 3.05) is 20.1 Å². The normalized spacial score (nSPS) is 15.3. The van der Waals surface area contributed by atoms with Crippen LogP contribution in [0.2, 0.25) is 0 Å². The van der Waals surface area contributed by atoms with Crippen LogP contribution in [-0.2, 0) is 34.1 Å². The van der Waals surface area contributed by atoms with Crippen molar-refractivity contribution in [1.82, 2.24) is 9.62 Å². The van der Waals surface area contributed by atoms with Crippen LogP contribution in [0.3, 0.4) is 0 Å². The predicted octanol–water partition coefficient (Wildman–Crippen LogP) is 3.14. The Balaban J connectivity index is 1.56. The average Bonchev–Trinajstić information content (AvgIpc) is 3.19. The molecular formula is C26H34F2N2O5S. The Hall–Kier alpha value is -2.40. The number of halogens is 2. The van der Waals surface area contributed by atoms with Crippen LogP contribution in [0, 0.1) is 17.6 Å². The maximum atomic E-state index is 14.5. The molecule has 198 valence electrons. The van der Waals surface area contributed by atoms with Crippen molar-refractivity contribution in [3.05, 3.63) is 64.7 Å². The Morgan fingerprint density at radius 3 is 2.36 bits per heavy atom.